The molecule has 2 aromatic rings. The Hall–Kier alpha value is -3.21. The van der Waals surface area contributed by atoms with Gasteiger partial charge in [0.25, 0.3) is 5.91 Å². The van der Waals surface area contributed by atoms with E-state index in [1.807, 2.05) is 31.2 Å². The number of allylic oxidation sites excluding steroid dienone is 2. The lowest BCUT2D eigenvalue weighted by molar-refractivity contribution is -0.124. The maximum Gasteiger partial charge on any atom is 0.255 e. The predicted octanol–water partition coefficient (Wildman–Crippen LogP) is 3.80. The summed E-state index contributed by atoms with van der Waals surface area (Å²) in [6.45, 7) is 1.94. The van der Waals surface area contributed by atoms with E-state index in [0.717, 1.165) is 17.7 Å². The molecule has 0 spiro atoms. The van der Waals surface area contributed by atoms with Crippen molar-refractivity contribution in [3.8, 4) is 0 Å². The van der Waals surface area contributed by atoms with Crippen LogP contribution in [0.4, 0.5) is 11.4 Å². The topological polar surface area (TPSA) is 66.5 Å². The summed E-state index contributed by atoms with van der Waals surface area (Å²) in [5.74, 6) is 0.817. The first kappa shape index (κ1) is 17.6. The Bertz CT molecular complexity index is 1080. The highest BCUT2D eigenvalue weighted by molar-refractivity contribution is 6.22. The number of benzene rings is 2. The Labute approximate surface area is 174 Å². The van der Waals surface area contributed by atoms with Crippen LogP contribution in [0.1, 0.15) is 22.3 Å². The second-order valence-corrected chi connectivity index (χ2v) is 8.98. The van der Waals surface area contributed by atoms with Crippen LogP contribution in [0.15, 0.2) is 60.7 Å². The molecule has 1 heterocycles. The second kappa shape index (κ2) is 6.14. The molecule has 6 atom stereocenters. The zero-order chi connectivity index (χ0) is 20.6. The highest BCUT2D eigenvalue weighted by Crippen LogP contribution is 2.65. The number of nitrogens with zero attached hydrogens (tertiary/aromatic N) is 1. The lowest BCUT2D eigenvalue weighted by atomic mass is 9.63. The molecule has 5 nitrogen and oxygen atoms in total. The van der Waals surface area contributed by atoms with Gasteiger partial charge in [0.05, 0.1) is 17.5 Å². The van der Waals surface area contributed by atoms with E-state index in [-0.39, 0.29) is 41.4 Å². The fraction of sp³-hybridized carbons (Fsp3) is 0.320. The van der Waals surface area contributed by atoms with Crippen molar-refractivity contribution in [2.45, 2.75) is 13.3 Å². The Morgan fingerprint density at radius 3 is 2.10 bits per heavy atom. The highest BCUT2D eigenvalue weighted by Gasteiger charge is 2.67. The normalized spacial score (nSPS) is 32.8. The molecule has 1 N–H and O–H groups in total. The van der Waals surface area contributed by atoms with Gasteiger partial charge in [-0.2, -0.15) is 0 Å². The van der Waals surface area contributed by atoms with E-state index in [0.29, 0.717) is 23.1 Å². The minimum atomic E-state index is -0.217. The number of rotatable bonds is 3. The zero-order valence-electron chi connectivity index (χ0n) is 16.6. The smallest absolute Gasteiger partial charge is 0.255 e. The molecule has 5 heteroatoms. The molecular weight excluding hydrogens is 376 g/mol. The number of amides is 3. The molecule has 5 aliphatic rings. The summed E-state index contributed by atoms with van der Waals surface area (Å²) >= 11 is 0. The van der Waals surface area contributed by atoms with Gasteiger partial charge in [-0.25, -0.2) is 0 Å². The fourth-order valence-electron chi connectivity index (χ4n) is 5.88. The van der Waals surface area contributed by atoms with Gasteiger partial charge in [0.2, 0.25) is 11.8 Å². The summed E-state index contributed by atoms with van der Waals surface area (Å²) in [6, 6.07) is 14.4. The summed E-state index contributed by atoms with van der Waals surface area (Å²) in [6.07, 6.45) is 5.50. The molecule has 7 rings (SSSR count). The Morgan fingerprint density at radius 2 is 1.50 bits per heavy atom. The quantitative estimate of drug-likeness (QED) is 0.632. The second-order valence-electron chi connectivity index (χ2n) is 8.98. The van der Waals surface area contributed by atoms with E-state index < -0.39 is 0 Å². The minimum Gasteiger partial charge on any atom is -0.322 e. The molecule has 1 saturated heterocycles. The Morgan fingerprint density at radius 1 is 0.900 bits per heavy atom. The van der Waals surface area contributed by atoms with Crippen LogP contribution in [-0.4, -0.2) is 17.7 Å². The van der Waals surface area contributed by atoms with Gasteiger partial charge in [-0.3, -0.25) is 19.3 Å². The largest absolute Gasteiger partial charge is 0.322 e. The monoisotopic (exact) mass is 398 g/mol. The third kappa shape index (κ3) is 2.38. The van der Waals surface area contributed by atoms with Gasteiger partial charge in [-0.05, 0) is 72.9 Å². The molecule has 30 heavy (non-hydrogen) atoms. The molecule has 3 amide bonds. The van der Waals surface area contributed by atoms with Gasteiger partial charge in [0.1, 0.15) is 0 Å². The average Bonchev–Trinajstić information content (AvgIpc) is 3.53. The van der Waals surface area contributed by atoms with E-state index in [1.54, 1.807) is 24.3 Å². The zero-order valence-corrected chi connectivity index (χ0v) is 16.6. The lowest BCUT2D eigenvalue weighted by Crippen LogP contribution is -2.40. The summed E-state index contributed by atoms with van der Waals surface area (Å²) in [5, 5.41) is 2.91. The molecule has 2 bridgehead atoms. The molecule has 1 aliphatic heterocycles. The van der Waals surface area contributed by atoms with Gasteiger partial charge in [0.15, 0.2) is 0 Å². The summed E-state index contributed by atoms with van der Waals surface area (Å²) in [7, 11) is 0. The van der Waals surface area contributed by atoms with E-state index >= 15 is 0 Å². The van der Waals surface area contributed by atoms with Crippen molar-refractivity contribution in [3.05, 3.63) is 71.8 Å². The Balaban J connectivity index is 1.24. The molecule has 2 aromatic carbocycles. The van der Waals surface area contributed by atoms with Crippen LogP contribution in [-0.2, 0) is 9.59 Å². The minimum absolute atomic E-state index is 0.0770. The first-order chi connectivity index (χ1) is 14.5. The van der Waals surface area contributed by atoms with Crippen LogP contribution in [0.2, 0.25) is 0 Å². The standard InChI is InChI=1S/C25H22N2O3/c1-13-4-2-3-5-20(13)26-23(28)14-6-8-15(9-7-14)27-24(29)21-16-10-11-17(19-12-18(16)19)22(21)25(27)30/h2-11,16-19,21-22H,12H2,1H3,(H,26,28). The molecule has 2 saturated carbocycles. The maximum atomic E-state index is 13.2. The molecule has 4 aliphatic carbocycles. The number of carbonyl (C=O) groups excluding carboxylic acids is 3. The number of hydrogen-bond donors (Lipinski definition) is 1. The summed E-state index contributed by atoms with van der Waals surface area (Å²) in [5.41, 5.74) is 2.79. The van der Waals surface area contributed by atoms with Gasteiger partial charge < -0.3 is 5.32 Å². The molecule has 150 valence electrons. The molecule has 3 fully saturated rings. The number of para-hydroxylation sites is 1. The van der Waals surface area contributed by atoms with Crippen LogP contribution in [0, 0.1) is 42.4 Å². The van der Waals surface area contributed by atoms with Crippen molar-refractivity contribution in [2.24, 2.45) is 35.5 Å². The van der Waals surface area contributed by atoms with E-state index in [9.17, 15) is 14.4 Å². The summed E-state index contributed by atoms with van der Waals surface area (Å²) < 4.78 is 0. The van der Waals surface area contributed by atoms with Crippen molar-refractivity contribution < 1.29 is 14.4 Å². The SMILES string of the molecule is Cc1ccccc1NC(=O)c1ccc(N2C(=O)C3C4C=CC(C5CC45)C3C2=O)cc1. The number of imide groups is 1. The maximum absolute atomic E-state index is 13.2. The van der Waals surface area contributed by atoms with Crippen molar-refractivity contribution in [3.63, 3.8) is 0 Å². The molecular formula is C25H22N2O3. The summed E-state index contributed by atoms with van der Waals surface area (Å²) in [4.78, 5) is 40.3. The predicted molar refractivity (Wildman–Crippen MR) is 113 cm³/mol. The number of nitrogens with one attached hydrogen (secondary N) is 1. The molecule has 0 aromatic heterocycles. The molecule has 0 radical (unpaired) electrons. The first-order valence-corrected chi connectivity index (χ1v) is 10.6. The van der Waals surface area contributed by atoms with Gasteiger partial charge in [-0.1, -0.05) is 30.4 Å². The van der Waals surface area contributed by atoms with Crippen molar-refractivity contribution in [1.29, 1.82) is 0 Å². The van der Waals surface area contributed by atoms with Crippen molar-refractivity contribution in [2.75, 3.05) is 10.2 Å². The van der Waals surface area contributed by atoms with Crippen LogP contribution in [0.5, 0.6) is 0 Å². The average molecular weight is 398 g/mol. The lowest BCUT2D eigenvalue weighted by Gasteiger charge is -2.37. The first-order valence-electron chi connectivity index (χ1n) is 10.6. The van der Waals surface area contributed by atoms with E-state index in [1.165, 1.54) is 4.90 Å². The number of aryl methyl sites for hydroxylation is 1. The van der Waals surface area contributed by atoms with E-state index in [4.69, 9.17) is 0 Å². The Kier molecular flexibility index (Phi) is 3.61. The van der Waals surface area contributed by atoms with Gasteiger partial charge >= 0.3 is 0 Å². The highest BCUT2D eigenvalue weighted by atomic mass is 16.2. The van der Waals surface area contributed by atoms with Crippen LogP contribution in [0.25, 0.3) is 0 Å². The van der Waals surface area contributed by atoms with Crippen molar-refractivity contribution in [1.82, 2.24) is 0 Å². The van der Waals surface area contributed by atoms with Crippen LogP contribution >= 0.6 is 0 Å². The third-order valence-electron chi connectivity index (χ3n) is 7.44. The van der Waals surface area contributed by atoms with Gasteiger partial charge in [0, 0.05) is 11.3 Å². The van der Waals surface area contributed by atoms with Crippen molar-refractivity contribution >= 4 is 29.1 Å². The fourth-order valence-corrected chi connectivity index (χ4v) is 5.88. The van der Waals surface area contributed by atoms with Crippen LogP contribution < -0.4 is 10.2 Å². The van der Waals surface area contributed by atoms with Gasteiger partial charge in [-0.15, -0.1) is 0 Å². The molecule has 6 unspecified atom stereocenters. The number of carbonyl (C=O) groups is 3. The third-order valence-corrected chi connectivity index (χ3v) is 7.44. The number of hydrogen-bond acceptors (Lipinski definition) is 3. The number of anilines is 2. The van der Waals surface area contributed by atoms with E-state index in [2.05, 4.69) is 17.5 Å². The van der Waals surface area contributed by atoms with Crippen LogP contribution in [0.3, 0.4) is 0 Å².